The predicted molar refractivity (Wildman–Crippen MR) is 135 cm³/mol. The van der Waals surface area contributed by atoms with Crippen molar-refractivity contribution in [1.82, 2.24) is 4.98 Å². The zero-order chi connectivity index (χ0) is 25.9. The van der Waals surface area contributed by atoms with E-state index in [1.807, 2.05) is 24.3 Å². The van der Waals surface area contributed by atoms with Crippen LogP contribution in [0.1, 0.15) is 40.6 Å². The number of aliphatic hydroxyl groups is 1. The predicted octanol–water partition coefficient (Wildman–Crippen LogP) is 5.05. The molecule has 0 aliphatic carbocycles. The van der Waals surface area contributed by atoms with Gasteiger partial charge in [-0.3, -0.25) is 4.79 Å². The van der Waals surface area contributed by atoms with E-state index in [0.29, 0.717) is 48.3 Å². The molecular formula is C27H30ClNO7. The molecule has 1 aromatic heterocycles. The third kappa shape index (κ3) is 7.58. The van der Waals surface area contributed by atoms with Crippen LogP contribution in [-0.4, -0.2) is 50.4 Å². The van der Waals surface area contributed by atoms with Crippen LogP contribution in [0.2, 0.25) is 5.15 Å². The Balaban J connectivity index is 1.47. The zero-order valence-corrected chi connectivity index (χ0v) is 21.3. The SMILES string of the molecule is COc1ccc(COCCOc2ccc(C(=O)CCC(O)c3ccc(OC)c(Cl)n3)cc2OC)cc1. The molecule has 0 spiro atoms. The van der Waals surface area contributed by atoms with Crippen LogP contribution in [0.4, 0.5) is 0 Å². The fourth-order valence-corrected chi connectivity index (χ4v) is 3.65. The number of benzene rings is 2. The van der Waals surface area contributed by atoms with E-state index >= 15 is 0 Å². The largest absolute Gasteiger partial charge is 0.497 e. The maximum absolute atomic E-state index is 12.7. The van der Waals surface area contributed by atoms with Crippen molar-refractivity contribution < 1.29 is 33.6 Å². The second kappa shape index (κ2) is 13.7. The molecule has 3 aromatic rings. The van der Waals surface area contributed by atoms with Crippen LogP contribution in [0.5, 0.6) is 23.0 Å². The second-order valence-electron chi connectivity index (χ2n) is 7.82. The number of hydrogen-bond donors (Lipinski definition) is 1. The van der Waals surface area contributed by atoms with Gasteiger partial charge >= 0.3 is 0 Å². The van der Waals surface area contributed by atoms with Gasteiger partial charge in [0, 0.05) is 12.0 Å². The average Bonchev–Trinajstić information content (AvgIpc) is 2.91. The number of carbonyl (C=O) groups excluding carboxylic acids is 1. The minimum Gasteiger partial charge on any atom is -0.497 e. The summed E-state index contributed by atoms with van der Waals surface area (Å²) in [7, 11) is 4.63. The van der Waals surface area contributed by atoms with Gasteiger partial charge in [0.25, 0.3) is 0 Å². The Kier molecular flexibility index (Phi) is 10.4. The molecule has 1 heterocycles. The molecule has 1 N–H and O–H groups in total. The summed E-state index contributed by atoms with van der Waals surface area (Å²) in [5.74, 6) is 2.04. The number of rotatable bonds is 14. The van der Waals surface area contributed by atoms with Gasteiger partial charge in [-0.1, -0.05) is 23.7 Å². The van der Waals surface area contributed by atoms with E-state index in [4.69, 9.17) is 35.3 Å². The number of aliphatic hydroxyl groups excluding tert-OH is 1. The Morgan fingerprint density at radius 3 is 2.31 bits per heavy atom. The Morgan fingerprint density at radius 1 is 0.917 bits per heavy atom. The van der Waals surface area contributed by atoms with Gasteiger partial charge in [-0.15, -0.1) is 0 Å². The average molecular weight is 516 g/mol. The molecule has 0 amide bonds. The lowest BCUT2D eigenvalue weighted by Crippen LogP contribution is -2.09. The molecule has 3 rings (SSSR count). The Hall–Kier alpha value is -3.33. The van der Waals surface area contributed by atoms with E-state index in [0.717, 1.165) is 11.3 Å². The van der Waals surface area contributed by atoms with E-state index in [1.165, 1.54) is 14.2 Å². The molecule has 0 aliphatic rings. The molecule has 8 nitrogen and oxygen atoms in total. The zero-order valence-electron chi connectivity index (χ0n) is 20.5. The maximum atomic E-state index is 12.7. The lowest BCUT2D eigenvalue weighted by atomic mass is 10.0. The molecule has 0 saturated heterocycles. The molecule has 0 aliphatic heterocycles. The van der Waals surface area contributed by atoms with E-state index in [2.05, 4.69) is 4.98 Å². The van der Waals surface area contributed by atoms with Gasteiger partial charge in [0.2, 0.25) is 0 Å². The molecule has 9 heteroatoms. The number of Topliss-reactive ketones (excluding diaryl/α,β-unsaturated/α-hetero) is 1. The molecule has 192 valence electrons. The van der Waals surface area contributed by atoms with E-state index in [-0.39, 0.29) is 23.8 Å². The molecule has 0 bridgehead atoms. The van der Waals surface area contributed by atoms with Crippen LogP contribution in [0, 0.1) is 0 Å². The smallest absolute Gasteiger partial charge is 0.171 e. The number of hydrogen-bond acceptors (Lipinski definition) is 8. The monoisotopic (exact) mass is 515 g/mol. The van der Waals surface area contributed by atoms with Crippen LogP contribution >= 0.6 is 11.6 Å². The lowest BCUT2D eigenvalue weighted by Gasteiger charge is -2.13. The van der Waals surface area contributed by atoms with Crippen molar-refractivity contribution >= 4 is 17.4 Å². The number of nitrogens with zero attached hydrogens (tertiary/aromatic N) is 1. The lowest BCUT2D eigenvalue weighted by molar-refractivity contribution is 0.0878. The van der Waals surface area contributed by atoms with Crippen molar-refractivity contribution in [3.63, 3.8) is 0 Å². The van der Waals surface area contributed by atoms with Crippen LogP contribution in [0.3, 0.4) is 0 Å². The molecule has 1 unspecified atom stereocenters. The molecule has 0 fully saturated rings. The number of carbonyl (C=O) groups is 1. The van der Waals surface area contributed by atoms with Gasteiger partial charge in [0.05, 0.1) is 46.3 Å². The summed E-state index contributed by atoms with van der Waals surface area (Å²) >= 11 is 6.02. The molecule has 2 aromatic carbocycles. The standard InChI is InChI=1S/C27H30ClNO7/c1-32-20-7-4-18(5-8-20)17-35-14-15-36-24-12-6-19(16-26(24)34-3)22(30)10-11-23(31)21-9-13-25(33-2)27(28)29-21/h4-9,12-13,16,23,31H,10-11,14-15,17H2,1-3H3. The van der Waals surface area contributed by atoms with E-state index in [1.54, 1.807) is 37.4 Å². The maximum Gasteiger partial charge on any atom is 0.171 e. The summed E-state index contributed by atoms with van der Waals surface area (Å²) in [6, 6.07) is 15.9. The van der Waals surface area contributed by atoms with Gasteiger partial charge in [0.1, 0.15) is 12.4 Å². The number of methoxy groups -OCH3 is 3. The quantitative estimate of drug-likeness (QED) is 0.181. The van der Waals surface area contributed by atoms with Crippen molar-refractivity contribution in [2.45, 2.75) is 25.6 Å². The highest BCUT2D eigenvalue weighted by Gasteiger charge is 2.16. The first-order chi connectivity index (χ1) is 17.4. The Bertz CT molecular complexity index is 1140. The number of ketones is 1. The highest BCUT2D eigenvalue weighted by molar-refractivity contribution is 6.30. The third-order valence-corrected chi connectivity index (χ3v) is 5.71. The molecular weight excluding hydrogens is 486 g/mol. The van der Waals surface area contributed by atoms with Crippen LogP contribution in [0.15, 0.2) is 54.6 Å². The van der Waals surface area contributed by atoms with Crippen molar-refractivity contribution in [3.05, 3.63) is 76.6 Å². The summed E-state index contributed by atoms with van der Waals surface area (Å²) in [5, 5.41) is 10.6. The van der Waals surface area contributed by atoms with E-state index < -0.39 is 6.10 Å². The highest BCUT2D eigenvalue weighted by atomic mass is 35.5. The second-order valence-corrected chi connectivity index (χ2v) is 8.18. The van der Waals surface area contributed by atoms with Gasteiger partial charge in [0.15, 0.2) is 28.2 Å². The van der Waals surface area contributed by atoms with Crippen LogP contribution in [0.25, 0.3) is 0 Å². The molecule has 0 saturated carbocycles. The van der Waals surface area contributed by atoms with Crippen molar-refractivity contribution in [1.29, 1.82) is 0 Å². The van der Waals surface area contributed by atoms with Crippen molar-refractivity contribution in [3.8, 4) is 23.0 Å². The number of aromatic nitrogens is 1. The van der Waals surface area contributed by atoms with Crippen LogP contribution in [-0.2, 0) is 11.3 Å². The minimum atomic E-state index is -0.931. The summed E-state index contributed by atoms with van der Waals surface area (Å²) < 4.78 is 27.0. The number of halogens is 1. The summed E-state index contributed by atoms with van der Waals surface area (Å²) in [6.45, 7) is 1.17. The fraction of sp³-hybridized carbons (Fsp3) is 0.333. The third-order valence-electron chi connectivity index (χ3n) is 5.44. The number of ether oxygens (including phenoxy) is 5. The van der Waals surface area contributed by atoms with Crippen molar-refractivity contribution in [2.75, 3.05) is 34.5 Å². The summed E-state index contributed by atoms with van der Waals surface area (Å²) in [6.07, 6.45) is -0.616. The van der Waals surface area contributed by atoms with Gasteiger partial charge < -0.3 is 28.8 Å². The first-order valence-electron chi connectivity index (χ1n) is 11.4. The highest BCUT2D eigenvalue weighted by Crippen LogP contribution is 2.30. The van der Waals surface area contributed by atoms with Gasteiger partial charge in [-0.25, -0.2) is 4.98 Å². The van der Waals surface area contributed by atoms with E-state index in [9.17, 15) is 9.90 Å². The minimum absolute atomic E-state index is 0.120. The van der Waals surface area contributed by atoms with Crippen molar-refractivity contribution in [2.24, 2.45) is 0 Å². The van der Waals surface area contributed by atoms with Gasteiger partial charge in [-0.05, 0) is 54.4 Å². The van der Waals surface area contributed by atoms with Crippen LogP contribution < -0.4 is 18.9 Å². The number of pyridine rings is 1. The summed E-state index contributed by atoms with van der Waals surface area (Å²) in [4.78, 5) is 16.8. The molecule has 36 heavy (non-hydrogen) atoms. The topological polar surface area (TPSA) is 96.3 Å². The first-order valence-corrected chi connectivity index (χ1v) is 11.8. The molecule has 0 radical (unpaired) electrons. The Labute approximate surface area is 215 Å². The van der Waals surface area contributed by atoms with Gasteiger partial charge in [-0.2, -0.15) is 0 Å². The summed E-state index contributed by atoms with van der Waals surface area (Å²) in [5.41, 5.74) is 1.87. The normalized spacial score (nSPS) is 11.6. The first kappa shape index (κ1) is 27.3. The Morgan fingerprint density at radius 2 is 1.64 bits per heavy atom. The molecule has 1 atom stereocenters. The fourth-order valence-electron chi connectivity index (χ4n) is 3.42.